The fraction of sp³-hybridized carbons (Fsp3) is 0.682. The van der Waals surface area contributed by atoms with Crippen molar-refractivity contribution in [1.82, 2.24) is 0 Å². The van der Waals surface area contributed by atoms with E-state index in [1.807, 2.05) is 6.92 Å². The van der Waals surface area contributed by atoms with Crippen molar-refractivity contribution in [2.24, 2.45) is 17.8 Å². The first-order chi connectivity index (χ1) is 15.7. The lowest BCUT2D eigenvalue weighted by atomic mass is 9.83. The van der Waals surface area contributed by atoms with Gasteiger partial charge in [-0.15, -0.1) is 0 Å². The number of carbonyl (C=O) groups excluding carboxylic acids is 1. The molecule has 184 valence electrons. The Morgan fingerprint density at radius 2 is 1.73 bits per heavy atom. The van der Waals surface area contributed by atoms with Crippen LogP contribution in [-0.2, 0) is 18.9 Å². The van der Waals surface area contributed by atoms with Crippen LogP contribution in [0.5, 0.6) is 5.75 Å². The zero-order valence-corrected chi connectivity index (χ0v) is 18.0. The van der Waals surface area contributed by atoms with Gasteiger partial charge >= 0.3 is 5.97 Å². The largest absolute Gasteiger partial charge is 0.508 e. The van der Waals surface area contributed by atoms with Gasteiger partial charge in [-0.3, -0.25) is 0 Å². The SMILES string of the molecule is C[C@@H]1C[C@@H](OC(=O)c2ccc(O)cc2)[C@H]2[C@@H]1[C@H](O[C@@H]1O[C@H](CO)[C@@H](O)[C@H](O)[C@H]1O)OC[C@@H]2O. The summed E-state index contributed by atoms with van der Waals surface area (Å²) >= 11 is 0. The molecule has 1 aromatic carbocycles. The molecule has 4 rings (SSSR count). The first-order valence-corrected chi connectivity index (χ1v) is 11.0. The van der Waals surface area contributed by atoms with Crippen LogP contribution < -0.4 is 0 Å². The number of rotatable bonds is 5. The maximum atomic E-state index is 12.6. The maximum Gasteiger partial charge on any atom is 0.338 e. The van der Waals surface area contributed by atoms with Crippen molar-refractivity contribution in [2.45, 2.75) is 62.5 Å². The maximum absolute atomic E-state index is 12.6. The van der Waals surface area contributed by atoms with Crippen molar-refractivity contribution >= 4 is 5.97 Å². The number of ether oxygens (including phenoxy) is 4. The van der Waals surface area contributed by atoms with Gasteiger partial charge < -0.3 is 49.6 Å². The standard InChI is InChI=1S/C22H30O11/c1-9-6-13(31-20(29)10-2-4-11(24)5-3-10)16-12(25)8-30-21(15(9)16)33-22-19(28)18(27)17(26)14(7-23)32-22/h2-5,9,12-19,21-28H,6-8H2,1H3/t9-,12+,13-,14-,15-,16+,17-,18+,19-,21+,22+/m1/s1. The van der Waals surface area contributed by atoms with Gasteiger partial charge in [0.05, 0.1) is 24.9 Å². The third-order valence-electron chi connectivity index (χ3n) is 6.80. The van der Waals surface area contributed by atoms with Crippen LogP contribution >= 0.6 is 0 Å². The zero-order valence-electron chi connectivity index (χ0n) is 18.0. The van der Waals surface area contributed by atoms with Crippen LogP contribution in [0.3, 0.4) is 0 Å². The number of hydrogen-bond acceptors (Lipinski definition) is 11. The first-order valence-electron chi connectivity index (χ1n) is 11.0. The lowest BCUT2D eigenvalue weighted by molar-refractivity contribution is -0.358. The number of fused-ring (bicyclic) bond motifs is 1. The van der Waals surface area contributed by atoms with Gasteiger partial charge in [-0.2, -0.15) is 0 Å². The highest BCUT2D eigenvalue weighted by molar-refractivity contribution is 5.89. The van der Waals surface area contributed by atoms with Gasteiger partial charge in [0.15, 0.2) is 12.6 Å². The Bertz CT molecular complexity index is 815. The number of phenolic OH excluding ortho intramolecular Hbond substituents is 1. The number of carbonyl (C=O) groups is 1. The molecule has 3 aliphatic rings. The molecule has 0 spiro atoms. The predicted octanol–water partition coefficient (Wildman–Crippen LogP) is -1.28. The molecule has 0 aromatic heterocycles. The van der Waals surface area contributed by atoms with Crippen LogP contribution in [0.25, 0.3) is 0 Å². The Labute approximate surface area is 190 Å². The number of phenols is 1. The van der Waals surface area contributed by atoms with Gasteiger partial charge in [-0.1, -0.05) is 6.92 Å². The molecule has 0 radical (unpaired) electrons. The normalized spacial score (nSPS) is 43.2. The fourth-order valence-electron chi connectivity index (χ4n) is 5.05. The molecule has 2 heterocycles. The Balaban J connectivity index is 1.47. The zero-order chi connectivity index (χ0) is 23.9. The average Bonchev–Trinajstić information content (AvgIpc) is 3.13. The lowest BCUT2D eigenvalue weighted by Crippen LogP contribution is -2.61. The summed E-state index contributed by atoms with van der Waals surface area (Å²) in [6.45, 7) is 1.20. The molecule has 1 aromatic rings. The second-order valence-corrected chi connectivity index (χ2v) is 8.96. The molecule has 0 amide bonds. The third-order valence-corrected chi connectivity index (χ3v) is 6.80. The number of esters is 1. The summed E-state index contributed by atoms with van der Waals surface area (Å²) in [5.74, 6) is -1.59. The summed E-state index contributed by atoms with van der Waals surface area (Å²) in [5.41, 5.74) is 0.263. The monoisotopic (exact) mass is 470 g/mol. The molecule has 11 atom stereocenters. The van der Waals surface area contributed by atoms with E-state index in [0.717, 1.165) is 0 Å². The summed E-state index contributed by atoms with van der Waals surface area (Å²) in [5, 5.41) is 59.7. The van der Waals surface area contributed by atoms with Crippen LogP contribution in [0.15, 0.2) is 24.3 Å². The predicted molar refractivity (Wildman–Crippen MR) is 109 cm³/mol. The lowest BCUT2D eigenvalue weighted by Gasteiger charge is -2.44. The van der Waals surface area contributed by atoms with E-state index in [2.05, 4.69) is 0 Å². The van der Waals surface area contributed by atoms with Crippen LogP contribution in [0.2, 0.25) is 0 Å². The summed E-state index contributed by atoms with van der Waals surface area (Å²) < 4.78 is 22.6. The molecule has 3 fully saturated rings. The number of aromatic hydroxyl groups is 1. The van der Waals surface area contributed by atoms with E-state index >= 15 is 0 Å². The van der Waals surface area contributed by atoms with Crippen LogP contribution in [-0.4, -0.2) is 99.0 Å². The molecule has 0 bridgehead atoms. The molecule has 1 saturated carbocycles. The highest BCUT2D eigenvalue weighted by Gasteiger charge is 2.55. The molecule has 33 heavy (non-hydrogen) atoms. The molecular weight excluding hydrogens is 440 g/mol. The second kappa shape index (κ2) is 9.80. The Morgan fingerprint density at radius 3 is 2.39 bits per heavy atom. The summed E-state index contributed by atoms with van der Waals surface area (Å²) in [7, 11) is 0. The summed E-state index contributed by atoms with van der Waals surface area (Å²) in [4.78, 5) is 12.6. The number of hydrogen-bond donors (Lipinski definition) is 6. The van der Waals surface area contributed by atoms with Crippen molar-refractivity contribution in [3.05, 3.63) is 29.8 Å². The smallest absolute Gasteiger partial charge is 0.338 e. The van der Waals surface area contributed by atoms with E-state index in [-0.39, 0.29) is 23.8 Å². The van der Waals surface area contributed by atoms with Crippen molar-refractivity contribution < 1.29 is 54.4 Å². The van der Waals surface area contributed by atoms with Gasteiger partial charge in [0.25, 0.3) is 0 Å². The van der Waals surface area contributed by atoms with E-state index in [9.17, 15) is 35.4 Å². The number of benzene rings is 1. The molecule has 2 aliphatic heterocycles. The molecule has 2 saturated heterocycles. The van der Waals surface area contributed by atoms with E-state index < -0.39 is 73.6 Å². The van der Waals surface area contributed by atoms with Crippen LogP contribution in [0.4, 0.5) is 0 Å². The van der Waals surface area contributed by atoms with Crippen LogP contribution in [0, 0.1) is 17.8 Å². The number of aliphatic hydroxyl groups is 5. The summed E-state index contributed by atoms with van der Waals surface area (Å²) in [6.07, 6.45) is -9.26. The van der Waals surface area contributed by atoms with Gasteiger partial charge in [-0.25, -0.2) is 4.79 Å². The number of aliphatic hydroxyl groups excluding tert-OH is 5. The summed E-state index contributed by atoms with van der Waals surface area (Å²) in [6, 6.07) is 5.65. The van der Waals surface area contributed by atoms with E-state index in [1.54, 1.807) is 0 Å². The van der Waals surface area contributed by atoms with Crippen molar-refractivity contribution in [3.63, 3.8) is 0 Å². The minimum Gasteiger partial charge on any atom is -0.508 e. The molecule has 11 heteroatoms. The van der Waals surface area contributed by atoms with Gasteiger partial charge in [0.1, 0.15) is 36.3 Å². The Morgan fingerprint density at radius 1 is 1.03 bits per heavy atom. The fourth-order valence-corrected chi connectivity index (χ4v) is 5.05. The minimum absolute atomic E-state index is 0.0224. The Hall–Kier alpha value is -1.83. The molecule has 11 nitrogen and oxygen atoms in total. The second-order valence-electron chi connectivity index (χ2n) is 8.96. The molecular formula is C22H30O11. The van der Waals surface area contributed by atoms with Gasteiger partial charge in [0.2, 0.25) is 0 Å². The van der Waals surface area contributed by atoms with E-state index in [1.165, 1.54) is 24.3 Å². The van der Waals surface area contributed by atoms with Gasteiger partial charge in [-0.05, 0) is 36.6 Å². The Kier molecular flexibility index (Phi) is 7.22. The van der Waals surface area contributed by atoms with E-state index in [0.29, 0.717) is 6.42 Å². The van der Waals surface area contributed by atoms with Crippen molar-refractivity contribution in [3.8, 4) is 5.75 Å². The van der Waals surface area contributed by atoms with Crippen LogP contribution in [0.1, 0.15) is 23.7 Å². The third kappa shape index (κ3) is 4.73. The van der Waals surface area contributed by atoms with Crippen molar-refractivity contribution in [2.75, 3.05) is 13.2 Å². The van der Waals surface area contributed by atoms with E-state index in [4.69, 9.17) is 18.9 Å². The molecule has 6 N–H and O–H groups in total. The molecule has 0 unspecified atom stereocenters. The highest BCUT2D eigenvalue weighted by atomic mass is 16.8. The van der Waals surface area contributed by atoms with Crippen molar-refractivity contribution in [1.29, 1.82) is 0 Å². The quantitative estimate of drug-likeness (QED) is 0.283. The highest BCUT2D eigenvalue weighted by Crippen LogP contribution is 2.47. The average molecular weight is 470 g/mol. The molecule has 1 aliphatic carbocycles. The minimum atomic E-state index is -1.59. The first kappa shape index (κ1) is 24.3. The van der Waals surface area contributed by atoms with Gasteiger partial charge in [0, 0.05) is 11.8 Å². The topological polar surface area (TPSA) is 175 Å².